The molecule has 2 aromatic rings. The van der Waals surface area contributed by atoms with Crippen LogP contribution in [-0.2, 0) is 21.2 Å². The lowest BCUT2D eigenvalue weighted by Crippen LogP contribution is -2.42. The average Bonchev–Trinajstić information content (AvgIpc) is 2.71. The van der Waals surface area contributed by atoms with Gasteiger partial charge in [-0.1, -0.05) is 46.3 Å². The maximum absolute atomic E-state index is 12.6. The molecular weight excluding hydrogens is 452 g/mol. The first kappa shape index (κ1) is 22.0. The second-order valence-corrected chi connectivity index (χ2v) is 10.5. The van der Waals surface area contributed by atoms with Gasteiger partial charge in [0, 0.05) is 29.2 Å². The molecule has 1 aliphatic heterocycles. The van der Waals surface area contributed by atoms with E-state index in [4.69, 9.17) is 0 Å². The molecule has 0 spiro atoms. The van der Waals surface area contributed by atoms with Gasteiger partial charge in [0.1, 0.15) is 0 Å². The highest BCUT2D eigenvalue weighted by Gasteiger charge is 2.30. The zero-order valence-corrected chi connectivity index (χ0v) is 19.0. The smallest absolute Gasteiger partial charge is 0.227 e. The van der Waals surface area contributed by atoms with Gasteiger partial charge in [-0.15, -0.1) is 0 Å². The molecule has 5 nitrogen and oxygen atoms in total. The van der Waals surface area contributed by atoms with Gasteiger partial charge in [-0.25, -0.2) is 12.7 Å². The number of anilines is 1. The second kappa shape index (κ2) is 9.87. The minimum absolute atomic E-state index is 0.0344. The Balaban J connectivity index is 1.47. The second-order valence-electron chi connectivity index (χ2n) is 7.53. The Morgan fingerprint density at radius 2 is 1.83 bits per heavy atom. The van der Waals surface area contributed by atoms with Crippen molar-refractivity contribution in [2.75, 3.05) is 24.2 Å². The molecule has 1 N–H and O–H groups in total. The van der Waals surface area contributed by atoms with Crippen LogP contribution in [0.5, 0.6) is 0 Å². The average molecular weight is 479 g/mol. The van der Waals surface area contributed by atoms with Crippen LogP contribution in [0.15, 0.2) is 53.0 Å². The van der Waals surface area contributed by atoms with Crippen LogP contribution >= 0.6 is 15.9 Å². The van der Waals surface area contributed by atoms with Crippen molar-refractivity contribution < 1.29 is 13.2 Å². The predicted molar refractivity (Wildman–Crippen MR) is 120 cm³/mol. The normalized spacial score (nSPS) is 15.9. The van der Waals surface area contributed by atoms with Crippen LogP contribution in [0.1, 0.15) is 30.4 Å². The maximum Gasteiger partial charge on any atom is 0.227 e. The Bertz CT molecular complexity index is 940. The van der Waals surface area contributed by atoms with Crippen LogP contribution < -0.4 is 5.32 Å². The molecule has 1 heterocycles. The lowest BCUT2D eigenvalue weighted by molar-refractivity contribution is -0.120. The molecule has 0 aromatic heterocycles. The van der Waals surface area contributed by atoms with Gasteiger partial charge in [-0.05, 0) is 61.9 Å². The largest absolute Gasteiger partial charge is 0.326 e. The standard InChI is InChI=1S/C22H27BrN2O3S/c1-17-16-20(9-10-21(17)23)24-22(26)19-11-13-25(14-12-19)29(27,28)15-5-8-18-6-3-2-4-7-18/h2-4,6-7,9-10,16,19H,5,8,11-15H2,1H3,(H,24,26). The van der Waals surface area contributed by atoms with Crippen molar-refractivity contribution in [2.24, 2.45) is 5.92 Å². The van der Waals surface area contributed by atoms with E-state index in [0.717, 1.165) is 27.7 Å². The monoisotopic (exact) mass is 478 g/mol. The Kier molecular flexibility index (Phi) is 7.49. The molecule has 7 heteroatoms. The number of carbonyl (C=O) groups is 1. The Morgan fingerprint density at radius 3 is 2.48 bits per heavy atom. The lowest BCUT2D eigenvalue weighted by Gasteiger charge is -2.30. The number of carbonyl (C=O) groups excluding carboxylic acids is 1. The number of hydrogen-bond acceptors (Lipinski definition) is 3. The van der Waals surface area contributed by atoms with Crippen LogP contribution in [0.25, 0.3) is 0 Å². The highest BCUT2D eigenvalue weighted by atomic mass is 79.9. The Hall–Kier alpha value is -1.70. The van der Waals surface area contributed by atoms with Gasteiger partial charge < -0.3 is 5.32 Å². The van der Waals surface area contributed by atoms with Crippen molar-refractivity contribution >= 4 is 37.5 Å². The van der Waals surface area contributed by atoms with Crippen molar-refractivity contribution in [1.82, 2.24) is 4.31 Å². The number of amides is 1. The fraction of sp³-hybridized carbons (Fsp3) is 0.409. The number of piperidine rings is 1. The number of nitrogens with zero attached hydrogens (tertiary/aromatic N) is 1. The summed E-state index contributed by atoms with van der Waals surface area (Å²) in [4.78, 5) is 12.6. The van der Waals surface area contributed by atoms with E-state index in [1.807, 2.05) is 55.5 Å². The van der Waals surface area contributed by atoms with Crippen molar-refractivity contribution in [3.63, 3.8) is 0 Å². The number of halogens is 1. The van der Waals surface area contributed by atoms with Gasteiger partial charge in [0.05, 0.1) is 5.75 Å². The van der Waals surface area contributed by atoms with E-state index >= 15 is 0 Å². The number of aryl methyl sites for hydroxylation is 2. The first-order valence-electron chi connectivity index (χ1n) is 9.94. The quantitative estimate of drug-likeness (QED) is 0.642. The minimum Gasteiger partial charge on any atom is -0.326 e. The summed E-state index contributed by atoms with van der Waals surface area (Å²) in [6.45, 7) is 2.79. The van der Waals surface area contributed by atoms with Gasteiger partial charge in [-0.3, -0.25) is 4.79 Å². The van der Waals surface area contributed by atoms with Crippen LogP contribution in [-0.4, -0.2) is 37.5 Å². The topological polar surface area (TPSA) is 66.5 Å². The lowest BCUT2D eigenvalue weighted by atomic mass is 9.97. The third-order valence-electron chi connectivity index (χ3n) is 5.35. The third-order valence-corrected chi connectivity index (χ3v) is 8.20. The first-order valence-corrected chi connectivity index (χ1v) is 12.3. The molecule has 0 saturated carbocycles. The molecule has 1 saturated heterocycles. The summed E-state index contributed by atoms with van der Waals surface area (Å²) < 4.78 is 27.8. The SMILES string of the molecule is Cc1cc(NC(=O)C2CCN(S(=O)(=O)CCCc3ccccc3)CC2)ccc1Br. The summed E-state index contributed by atoms with van der Waals surface area (Å²) in [6.07, 6.45) is 2.47. The van der Waals surface area contributed by atoms with Crippen LogP contribution in [0.2, 0.25) is 0 Å². The van der Waals surface area contributed by atoms with Crippen LogP contribution in [0, 0.1) is 12.8 Å². The summed E-state index contributed by atoms with van der Waals surface area (Å²) in [5.41, 5.74) is 2.98. The number of hydrogen-bond donors (Lipinski definition) is 1. The van der Waals surface area contributed by atoms with Gasteiger partial charge >= 0.3 is 0 Å². The molecule has 0 aliphatic carbocycles. The number of sulfonamides is 1. The van der Waals surface area contributed by atoms with E-state index in [-0.39, 0.29) is 17.6 Å². The number of rotatable bonds is 7. The fourth-order valence-electron chi connectivity index (χ4n) is 3.60. The molecule has 2 aromatic carbocycles. The Morgan fingerprint density at radius 1 is 1.14 bits per heavy atom. The summed E-state index contributed by atoms with van der Waals surface area (Å²) >= 11 is 3.45. The van der Waals surface area contributed by atoms with E-state index in [2.05, 4.69) is 21.2 Å². The number of nitrogens with one attached hydrogen (secondary N) is 1. The van der Waals surface area contributed by atoms with Crippen LogP contribution in [0.3, 0.4) is 0 Å². The van der Waals surface area contributed by atoms with Gasteiger partial charge in [-0.2, -0.15) is 0 Å². The molecule has 1 aliphatic rings. The molecule has 29 heavy (non-hydrogen) atoms. The van der Waals surface area contributed by atoms with Gasteiger partial charge in [0.15, 0.2) is 0 Å². The minimum atomic E-state index is -3.28. The summed E-state index contributed by atoms with van der Waals surface area (Å²) in [6, 6.07) is 15.6. The molecule has 1 fully saturated rings. The van der Waals surface area contributed by atoms with E-state index in [9.17, 15) is 13.2 Å². The zero-order valence-electron chi connectivity index (χ0n) is 16.6. The van der Waals surface area contributed by atoms with E-state index in [0.29, 0.717) is 32.4 Å². The molecule has 0 atom stereocenters. The maximum atomic E-state index is 12.6. The van der Waals surface area contributed by atoms with Crippen molar-refractivity contribution in [3.05, 3.63) is 64.1 Å². The molecule has 0 bridgehead atoms. The predicted octanol–water partition coefficient (Wildman–Crippen LogP) is 4.37. The highest BCUT2D eigenvalue weighted by Crippen LogP contribution is 2.24. The van der Waals surface area contributed by atoms with E-state index in [1.54, 1.807) is 4.31 Å². The molecule has 156 valence electrons. The van der Waals surface area contributed by atoms with Gasteiger partial charge in [0.2, 0.25) is 15.9 Å². The van der Waals surface area contributed by atoms with Gasteiger partial charge in [0.25, 0.3) is 0 Å². The highest BCUT2D eigenvalue weighted by molar-refractivity contribution is 9.10. The van der Waals surface area contributed by atoms with Crippen molar-refractivity contribution in [3.8, 4) is 0 Å². The van der Waals surface area contributed by atoms with E-state index < -0.39 is 10.0 Å². The fourth-order valence-corrected chi connectivity index (χ4v) is 5.38. The van der Waals surface area contributed by atoms with Crippen LogP contribution in [0.4, 0.5) is 5.69 Å². The number of benzene rings is 2. The zero-order chi connectivity index (χ0) is 20.9. The summed E-state index contributed by atoms with van der Waals surface area (Å²) in [7, 11) is -3.28. The molecule has 1 amide bonds. The van der Waals surface area contributed by atoms with Crippen molar-refractivity contribution in [2.45, 2.75) is 32.6 Å². The third kappa shape index (κ3) is 6.14. The molecular formula is C22H27BrN2O3S. The molecule has 0 radical (unpaired) electrons. The van der Waals surface area contributed by atoms with E-state index in [1.165, 1.54) is 0 Å². The molecule has 3 rings (SSSR count). The summed E-state index contributed by atoms with van der Waals surface area (Å²) in [5, 5.41) is 2.96. The summed E-state index contributed by atoms with van der Waals surface area (Å²) in [5.74, 6) is -0.0423. The first-order chi connectivity index (χ1) is 13.8. The Labute approximate surface area is 181 Å². The molecule has 0 unspecified atom stereocenters. The van der Waals surface area contributed by atoms with Crippen molar-refractivity contribution in [1.29, 1.82) is 0 Å².